The second-order valence-electron chi connectivity index (χ2n) is 3.30. The highest BCUT2D eigenvalue weighted by Crippen LogP contribution is 2.22. The van der Waals surface area contributed by atoms with E-state index in [-0.39, 0.29) is 0 Å². The lowest BCUT2D eigenvalue weighted by atomic mass is 10.1. The summed E-state index contributed by atoms with van der Waals surface area (Å²) in [6.07, 6.45) is 0. The molecule has 1 aromatic heterocycles. The van der Waals surface area contributed by atoms with E-state index in [1.807, 2.05) is 19.9 Å². The van der Waals surface area contributed by atoms with E-state index in [0.717, 1.165) is 10.3 Å². The molecule has 70 valence electrons. The number of hydrogen-bond acceptors (Lipinski definition) is 3. The molecule has 1 aromatic rings. The van der Waals surface area contributed by atoms with Crippen molar-refractivity contribution in [2.24, 2.45) is 0 Å². The molecule has 0 fully saturated rings. The van der Waals surface area contributed by atoms with Gasteiger partial charge in [-0.2, -0.15) is 5.26 Å². The Morgan fingerprint density at radius 1 is 1.62 bits per heavy atom. The van der Waals surface area contributed by atoms with Crippen LogP contribution in [-0.4, -0.2) is 5.54 Å². The Morgan fingerprint density at radius 2 is 2.31 bits per heavy atom. The summed E-state index contributed by atoms with van der Waals surface area (Å²) in [4.78, 5) is 1.23. The third kappa shape index (κ3) is 3.47. The molecule has 0 amide bonds. The van der Waals surface area contributed by atoms with Gasteiger partial charge in [-0.05, 0) is 41.9 Å². The average molecular weight is 259 g/mol. The van der Waals surface area contributed by atoms with Crippen LogP contribution in [0.2, 0.25) is 0 Å². The van der Waals surface area contributed by atoms with Gasteiger partial charge in [0.15, 0.2) is 0 Å². The normalized spacial score (nSPS) is 11.2. The molecule has 0 saturated heterocycles. The smallest absolute Gasteiger partial charge is 0.101 e. The van der Waals surface area contributed by atoms with Crippen LogP contribution in [0.25, 0.3) is 0 Å². The molecule has 1 rings (SSSR count). The molecule has 1 heterocycles. The molecule has 4 heteroatoms. The number of thiophene rings is 1. The van der Waals surface area contributed by atoms with Gasteiger partial charge < -0.3 is 0 Å². The van der Waals surface area contributed by atoms with E-state index in [1.54, 1.807) is 11.3 Å². The molecule has 0 aromatic carbocycles. The predicted octanol–water partition coefficient (Wildman–Crippen LogP) is 2.90. The predicted molar refractivity (Wildman–Crippen MR) is 58.6 cm³/mol. The lowest BCUT2D eigenvalue weighted by Crippen LogP contribution is -2.36. The molecular weight excluding hydrogens is 248 g/mol. The zero-order chi connectivity index (χ0) is 9.90. The van der Waals surface area contributed by atoms with Crippen LogP contribution in [-0.2, 0) is 6.54 Å². The number of nitriles is 1. The maximum absolute atomic E-state index is 8.76. The van der Waals surface area contributed by atoms with Crippen molar-refractivity contribution < 1.29 is 0 Å². The van der Waals surface area contributed by atoms with Crippen molar-refractivity contribution >= 4 is 27.3 Å². The van der Waals surface area contributed by atoms with Gasteiger partial charge in [-0.15, -0.1) is 11.3 Å². The molecular formula is C9H11BrN2S. The maximum atomic E-state index is 8.76. The minimum Gasteiger partial charge on any atom is -0.295 e. The first-order valence-corrected chi connectivity index (χ1v) is 5.55. The Morgan fingerprint density at radius 3 is 2.77 bits per heavy atom. The molecule has 13 heavy (non-hydrogen) atoms. The van der Waals surface area contributed by atoms with Crippen LogP contribution < -0.4 is 5.32 Å². The van der Waals surface area contributed by atoms with Gasteiger partial charge in [-0.3, -0.25) is 5.32 Å². The highest BCUT2D eigenvalue weighted by Gasteiger charge is 2.14. The number of nitrogens with zero attached hydrogens (tertiary/aromatic N) is 1. The lowest BCUT2D eigenvalue weighted by Gasteiger charge is -2.16. The maximum Gasteiger partial charge on any atom is 0.101 e. The third-order valence-corrected chi connectivity index (χ3v) is 3.24. The quantitative estimate of drug-likeness (QED) is 0.905. The zero-order valence-corrected chi connectivity index (χ0v) is 10.00. The van der Waals surface area contributed by atoms with Gasteiger partial charge in [0.05, 0.1) is 9.86 Å². The monoisotopic (exact) mass is 258 g/mol. The second-order valence-corrected chi connectivity index (χ2v) is 5.84. The molecule has 0 aliphatic carbocycles. The van der Waals surface area contributed by atoms with Crippen molar-refractivity contribution in [3.8, 4) is 6.07 Å². The van der Waals surface area contributed by atoms with Crippen molar-refractivity contribution in [1.29, 1.82) is 5.26 Å². The van der Waals surface area contributed by atoms with Gasteiger partial charge in [0.25, 0.3) is 0 Å². The molecule has 0 aliphatic rings. The molecule has 0 unspecified atom stereocenters. The van der Waals surface area contributed by atoms with Crippen LogP contribution >= 0.6 is 27.3 Å². The first kappa shape index (κ1) is 10.7. The Kier molecular flexibility index (Phi) is 3.48. The van der Waals surface area contributed by atoms with Crippen molar-refractivity contribution in [2.75, 3.05) is 0 Å². The minimum absolute atomic E-state index is 0.448. The van der Waals surface area contributed by atoms with Gasteiger partial charge in [-0.1, -0.05) is 0 Å². The summed E-state index contributed by atoms with van der Waals surface area (Å²) in [5.74, 6) is 0. The molecule has 0 aliphatic heterocycles. The molecule has 1 N–H and O–H groups in total. The Hall–Kier alpha value is -0.370. The Bertz CT molecular complexity index is 325. The van der Waals surface area contributed by atoms with Gasteiger partial charge in [-0.25, -0.2) is 0 Å². The first-order chi connectivity index (χ1) is 6.03. The third-order valence-electron chi connectivity index (χ3n) is 1.61. The summed E-state index contributed by atoms with van der Waals surface area (Å²) in [5.41, 5.74) is -0.448. The number of nitrogens with one attached hydrogen (secondary N) is 1. The fourth-order valence-electron chi connectivity index (χ4n) is 0.794. The van der Waals surface area contributed by atoms with E-state index in [0.29, 0.717) is 0 Å². The summed E-state index contributed by atoms with van der Waals surface area (Å²) in [6.45, 7) is 4.49. The van der Waals surface area contributed by atoms with E-state index in [4.69, 9.17) is 5.26 Å². The Balaban J connectivity index is 2.49. The highest BCUT2D eigenvalue weighted by atomic mass is 79.9. The van der Waals surface area contributed by atoms with Crippen molar-refractivity contribution in [2.45, 2.75) is 25.9 Å². The molecule has 0 saturated carbocycles. The van der Waals surface area contributed by atoms with Gasteiger partial charge in [0.1, 0.15) is 5.54 Å². The number of rotatable bonds is 3. The summed E-state index contributed by atoms with van der Waals surface area (Å²) >= 11 is 5.08. The van der Waals surface area contributed by atoms with Crippen LogP contribution in [0.1, 0.15) is 18.7 Å². The molecule has 0 bridgehead atoms. The average Bonchev–Trinajstić information content (AvgIpc) is 2.48. The zero-order valence-electron chi connectivity index (χ0n) is 7.60. The SMILES string of the molecule is CC(C)(C#N)NCc1ccc(Br)s1. The van der Waals surface area contributed by atoms with E-state index < -0.39 is 5.54 Å². The van der Waals surface area contributed by atoms with E-state index in [9.17, 15) is 0 Å². The summed E-state index contributed by atoms with van der Waals surface area (Å²) in [6, 6.07) is 6.27. The lowest BCUT2D eigenvalue weighted by molar-refractivity contribution is 0.488. The summed E-state index contributed by atoms with van der Waals surface area (Å²) in [5, 5.41) is 11.9. The largest absolute Gasteiger partial charge is 0.295 e. The fourth-order valence-corrected chi connectivity index (χ4v) is 2.22. The van der Waals surface area contributed by atoms with Crippen LogP contribution in [0.3, 0.4) is 0 Å². The number of hydrogen-bond donors (Lipinski definition) is 1. The van der Waals surface area contributed by atoms with Crippen LogP contribution in [0.15, 0.2) is 15.9 Å². The highest BCUT2D eigenvalue weighted by molar-refractivity contribution is 9.11. The van der Waals surface area contributed by atoms with Crippen molar-refractivity contribution in [1.82, 2.24) is 5.32 Å². The van der Waals surface area contributed by atoms with Crippen LogP contribution in [0.4, 0.5) is 0 Å². The van der Waals surface area contributed by atoms with Crippen LogP contribution in [0, 0.1) is 11.3 Å². The standard InChI is InChI=1S/C9H11BrN2S/c1-9(2,6-11)12-5-7-3-4-8(10)13-7/h3-4,12H,5H2,1-2H3. The van der Waals surface area contributed by atoms with Crippen molar-refractivity contribution in [3.63, 3.8) is 0 Å². The number of halogens is 1. The molecule has 0 spiro atoms. The minimum atomic E-state index is -0.448. The van der Waals surface area contributed by atoms with Gasteiger partial charge >= 0.3 is 0 Å². The van der Waals surface area contributed by atoms with Gasteiger partial charge in [0, 0.05) is 11.4 Å². The van der Waals surface area contributed by atoms with Crippen molar-refractivity contribution in [3.05, 3.63) is 20.8 Å². The van der Waals surface area contributed by atoms with Crippen LogP contribution in [0.5, 0.6) is 0 Å². The fraction of sp³-hybridized carbons (Fsp3) is 0.444. The molecule has 0 atom stereocenters. The summed E-state index contributed by atoms with van der Waals surface area (Å²) in [7, 11) is 0. The van der Waals surface area contributed by atoms with E-state index in [1.165, 1.54) is 4.88 Å². The first-order valence-electron chi connectivity index (χ1n) is 3.94. The summed E-state index contributed by atoms with van der Waals surface area (Å²) < 4.78 is 1.12. The van der Waals surface area contributed by atoms with E-state index >= 15 is 0 Å². The second kappa shape index (κ2) is 4.23. The molecule has 0 radical (unpaired) electrons. The van der Waals surface area contributed by atoms with E-state index in [2.05, 4.69) is 33.4 Å². The topological polar surface area (TPSA) is 35.8 Å². The Labute approximate surface area is 90.7 Å². The van der Waals surface area contributed by atoms with Gasteiger partial charge in [0.2, 0.25) is 0 Å². The molecule has 2 nitrogen and oxygen atoms in total.